The molecule has 1 N–H and O–H groups in total. The molecule has 33 heavy (non-hydrogen) atoms. The molecule has 2 saturated carbocycles. The largest absolute Gasteiger partial charge is 0.393 e. The van der Waals surface area contributed by atoms with Gasteiger partial charge in [-0.1, -0.05) is 38.1 Å². The number of aliphatic hydroxyl groups excluding tert-OH is 1. The highest BCUT2D eigenvalue weighted by Crippen LogP contribution is 2.64. The van der Waals surface area contributed by atoms with E-state index in [2.05, 4.69) is 80.0 Å². The van der Waals surface area contributed by atoms with Gasteiger partial charge in [0.05, 0.1) is 11.6 Å². The lowest BCUT2D eigenvalue weighted by Gasteiger charge is -2.56. The Morgan fingerprint density at radius 1 is 1.06 bits per heavy atom. The number of aliphatic hydroxyl groups is 1. The second kappa shape index (κ2) is 7.58. The van der Waals surface area contributed by atoms with Crippen molar-refractivity contribution in [2.24, 2.45) is 28.6 Å². The molecule has 0 unspecified atom stereocenters. The summed E-state index contributed by atoms with van der Waals surface area (Å²) in [4.78, 5) is 2.26. The zero-order valence-corrected chi connectivity index (χ0v) is 20.8. The Bertz CT molecular complexity index is 1140. The first kappa shape index (κ1) is 21.7. The first-order chi connectivity index (χ1) is 15.8. The Labute approximate surface area is 199 Å². The van der Waals surface area contributed by atoms with Crippen LogP contribution in [0, 0.1) is 28.6 Å². The lowest BCUT2D eigenvalue weighted by Crippen LogP contribution is -2.50. The van der Waals surface area contributed by atoms with Crippen LogP contribution in [0.1, 0.15) is 64.4 Å². The zero-order chi connectivity index (χ0) is 23.0. The van der Waals surface area contributed by atoms with Gasteiger partial charge >= 0.3 is 0 Å². The molecule has 1 aromatic heterocycles. The van der Waals surface area contributed by atoms with Crippen LogP contribution in [-0.2, 0) is 6.54 Å². The number of allylic oxidation sites excluding steroid dienone is 4. The molecule has 176 valence electrons. The highest BCUT2D eigenvalue weighted by Gasteiger charge is 2.58. The van der Waals surface area contributed by atoms with Crippen LogP contribution in [0.15, 0.2) is 48.2 Å². The average Bonchev–Trinajstić information content (AvgIpc) is 3.30. The fourth-order valence-corrected chi connectivity index (χ4v) is 8.43. The van der Waals surface area contributed by atoms with Gasteiger partial charge in [-0.25, -0.2) is 0 Å². The van der Waals surface area contributed by atoms with Crippen LogP contribution in [0.2, 0.25) is 0 Å². The standard InChI is InChI=1S/C30H40N2O/c1-29-15-13-22(32-19-20(18-31(3)4)23-7-5-6-8-27(23)32)17-21(29)9-10-24-25-11-12-28(33)30(25,2)16-14-26(24)29/h5-9,17,19,24-26,28,33H,10-16,18H2,1-4H3/t24-,25-,26-,28-,29-,30-/m0/s1. The average molecular weight is 445 g/mol. The summed E-state index contributed by atoms with van der Waals surface area (Å²) in [5.41, 5.74) is 6.23. The van der Waals surface area contributed by atoms with Gasteiger partial charge in [0.2, 0.25) is 0 Å². The van der Waals surface area contributed by atoms with E-state index in [0.717, 1.165) is 31.2 Å². The lowest BCUT2D eigenvalue weighted by atomic mass is 9.48. The van der Waals surface area contributed by atoms with Gasteiger partial charge in [-0.2, -0.15) is 0 Å². The molecule has 4 aliphatic carbocycles. The molecular weight excluding hydrogens is 404 g/mol. The van der Waals surface area contributed by atoms with Crippen LogP contribution in [0.25, 0.3) is 16.6 Å². The molecule has 1 heterocycles. The Morgan fingerprint density at radius 3 is 2.70 bits per heavy atom. The quantitative estimate of drug-likeness (QED) is 0.587. The van der Waals surface area contributed by atoms with Gasteiger partial charge in [-0.05, 0) is 111 Å². The van der Waals surface area contributed by atoms with Crippen molar-refractivity contribution in [3.05, 3.63) is 53.8 Å². The Balaban J connectivity index is 1.37. The molecular formula is C30H40N2O. The molecule has 3 heteroatoms. The van der Waals surface area contributed by atoms with E-state index in [-0.39, 0.29) is 16.9 Å². The molecule has 6 rings (SSSR count). The maximum absolute atomic E-state index is 10.7. The molecule has 0 radical (unpaired) electrons. The molecule has 2 fully saturated rings. The van der Waals surface area contributed by atoms with Crippen LogP contribution >= 0.6 is 0 Å². The van der Waals surface area contributed by atoms with E-state index in [0.29, 0.717) is 5.92 Å². The van der Waals surface area contributed by atoms with Gasteiger partial charge in [0.15, 0.2) is 0 Å². The van der Waals surface area contributed by atoms with E-state index in [4.69, 9.17) is 0 Å². The van der Waals surface area contributed by atoms with Crippen LogP contribution in [-0.4, -0.2) is 34.8 Å². The highest BCUT2D eigenvalue weighted by molar-refractivity contribution is 5.87. The third-order valence-corrected chi connectivity index (χ3v) is 10.3. The Morgan fingerprint density at radius 2 is 1.88 bits per heavy atom. The van der Waals surface area contributed by atoms with Crippen LogP contribution < -0.4 is 0 Å². The second-order valence-electron chi connectivity index (χ2n) is 12.2. The lowest BCUT2D eigenvalue weighted by molar-refractivity contribution is -0.0623. The Kier molecular flexibility index (Phi) is 4.98. The molecule has 2 aromatic rings. The van der Waals surface area contributed by atoms with E-state index in [1.165, 1.54) is 54.3 Å². The predicted molar refractivity (Wildman–Crippen MR) is 137 cm³/mol. The van der Waals surface area contributed by atoms with Gasteiger partial charge in [0.25, 0.3) is 0 Å². The maximum Gasteiger partial charge on any atom is 0.0596 e. The van der Waals surface area contributed by atoms with Crippen molar-refractivity contribution in [3.8, 4) is 0 Å². The van der Waals surface area contributed by atoms with E-state index < -0.39 is 0 Å². The molecule has 6 atom stereocenters. The topological polar surface area (TPSA) is 28.4 Å². The summed E-state index contributed by atoms with van der Waals surface area (Å²) >= 11 is 0. The number of hydrogen-bond acceptors (Lipinski definition) is 2. The van der Waals surface area contributed by atoms with Crippen molar-refractivity contribution >= 4 is 16.6 Å². The number of nitrogens with zero attached hydrogens (tertiary/aromatic N) is 2. The van der Waals surface area contributed by atoms with E-state index in [9.17, 15) is 5.11 Å². The van der Waals surface area contributed by atoms with Gasteiger partial charge in [-0.15, -0.1) is 0 Å². The second-order valence-corrected chi connectivity index (χ2v) is 12.2. The van der Waals surface area contributed by atoms with Crippen LogP contribution in [0.3, 0.4) is 0 Å². The molecule has 4 aliphatic rings. The maximum atomic E-state index is 10.7. The molecule has 0 spiro atoms. The van der Waals surface area contributed by atoms with Crippen molar-refractivity contribution in [2.75, 3.05) is 14.1 Å². The van der Waals surface area contributed by atoms with Crippen molar-refractivity contribution in [1.29, 1.82) is 0 Å². The molecule has 0 amide bonds. The molecule has 3 nitrogen and oxygen atoms in total. The molecule has 0 bridgehead atoms. The van der Waals surface area contributed by atoms with Gasteiger partial charge in [0.1, 0.15) is 0 Å². The molecule has 0 aliphatic heterocycles. The van der Waals surface area contributed by atoms with Gasteiger partial charge < -0.3 is 14.6 Å². The van der Waals surface area contributed by atoms with Crippen LogP contribution in [0.5, 0.6) is 0 Å². The summed E-state index contributed by atoms with van der Waals surface area (Å²) in [6.45, 7) is 5.91. The fraction of sp³-hybridized carbons (Fsp3) is 0.600. The third-order valence-electron chi connectivity index (χ3n) is 10.3. The minimum atomic E-state index is -0.0853. The molecule has 1 aromatic carbocycles. The van der Waals surface area contributed by atoms with E-state index in [1.807, 2.05) is 0 Å². The van der Waals surface area contributed by atoms with Crippen molar-refractivity contribution in [3.63, 3.8) is 0 Å². The first-order valence-corrected chi connectivity index (χ1v) is 13.1. The van der Waals surface area contributed by atoms with E-state index in [1.54, 1.807) is 5.57 Å². The third kappa shape index (κ3) is 3.15. The van der Waals surface area contributed by atoms with Crippen LogP contribution in [0.4, 0.5) is 0 Å². The normalized spacial score (nSPS) is 38.0. The number of aromatic nitrogens is 1. The summed E-state index contributed by atoms with van der Waals surface area (Å²) in [5, 5.41) is 12.1. The summed E-state index contributed by atoms with van der Waals surface area (Å²) < 4.78 is 2.48. The smallest absolute Gasteiger partial charge is 0.0596 e. The van der Waals surface area contributed by atoms with Gasteiger partial charge in [0, 0.05) is 23.8 Å². The highest BCUT2D eigenvalue weighted by atomic mass is 16.3. The monoisotopic (exact) mass is 444 g/mol. The predicted octanol–water partition coefficient (Wildman–Crippen LogP) is 6.48. The molecule has 0 saturated heterocycles. The number of rotatable bonds is 3. The van der Waals surface area contributed by atoms with Crippen molar-refractivity contribution < 1.29 is 5.11 Å². The summed E-state index contributed by atoms with van der Waals surface area (Å²) in [6, 6.07) is 8.89. The number of hydrogen-bond donors (Lipinski definition) is 1. The summed E-state index contributed by atoms with van der Waals surface area (Å²) in [6.07, 6.45) is 15.7. The Hall–Kier alpha value is -1.84. The fourth-order valence-electron chi connectivity index (χ4n) is 8.43. The zero-order valence-electron chi connectivity index (χ0n) is 20.8. The summed E-state index contributed by atoms with van der Waals surface area (Å²) in [7, 11) is 4.30. The summed E-state index contributed by atoms with van der Waals surface area (Å²) in [5.74, 6) is 2.22. The minimum absolute atomic E-state index is 0.0853. The van der Waals surface area contributed by atoms with Crippen molar-refractivity contribution in [2.45, 2.75) is 71.4 Å². The minimum Gasteiger partial charge on any atom is -0.393 e. The van der Waals surface area contributed by atoms with Crippen molar-refractivity contribution in [1.82, 2.24) is 9.47 Å². The number of benzene rings is 1. The van der Waals surface area contributed by atoms with E-state index >= 15 is 0 Å². The number of fused-ring (bicyclic) bond motifs is 6. The van der Waals surface area contributed by atoms with Gasteiger partial charge in [-0.3, -0.25) is 0 Å². The first-order valence-electron chi connectivity index (χ1n) is 13.1. The SMILES string of the molecule is CN(C)Cc1cn(C2=CC3=CC[C@H]4[C@@H]5CC[C@H](O)[C@@]5(C)CC[C@@H]4[C@@]3(C)CC2)c2ccccc12. The number of para-hydroxylation sites is 1.